The molecule has 3 saturated heterocycles. The van der Waals surface area contributed by atoms with Crippen molar-refractivity contribution in [2.45, 2.75) is 44.2 Å². The minimum Gasteiger partial charge on any atom is -0.506 e. The molecular weight excluding hydrogens is 829 g/mol. The highest BCUT2D eigenvalue weighted by molar-refractivity contribution is 5.90. The Balaban J connectivity index is 0.742. The third-order valence-corrected chi connectivity index (χ3v) is 11.8. The Kier molecular flexibility index (Phi) is 14.3. The summed E-state index contributed by atoms with van der Waals surface area (Å²) in [4.78, 5) is 55.1. The minimum absolute atomic E-state index is 0.0297. The predicted octanol–water partition coefficient (Wildman–Crippen LogP) is 6.52. The van der Waals surface area contributed by atoms with Gasteiger partial charge in [-0.3, -0.25) is 9.69 Å². The molecule has 0 spiro atoms. The van der Waals surface area contributed by atoms with E-state index >= 15 is 0 Å². The lowest BCUT2D eigenvalue weighted by molar-refractivity contribution is -0.0336. The number of urea groups is 1. The normalized spacial score (nSPS) is 17.4. The van der Waals surface area contributed by atoms with Crippen LogP contribution in [0.15, 0.2) is 132 Å². The Bertz CT molecular complexity index is 2630. The number of fused-ring (bicyclic) bond motifs is 4. The molecular formula is C50H52N6O9. The number of carbonyl (C=O) groups is 3. The summed E-state index contributed by atoms with van der Waals surface area (Å²) >= 11 is 0. The number of aliphatic hydroxyl groups excluding tert-OH is 1. The molecule has 9 rings (SSSR count). The number of anilines is 1. The molecule has 0 aliphatic carbocycles. The monoisotopic (exact) mass is 880 g/mol. The van der Waals surface area contributed by atoms with Gasteiger partial charge in [-0.25, -0.2) is 14.4 Å². The molecule has 6 aromatic rings. The molecule has 15 nitrogen and oxygen atoms in total. The first-order chi connectivity index (χ1) is 31.6. The molecule has 3 aliphatic rings. The van der Waals surface area contributed by atoms with E-state index in [1.807, 2.05) is 66.7 Å². The van der Waals surface area contributed by atoms with Crippen molar-refractivity contribution < 1.29 is 38.8 Å². The number of aromatic amines is 1. The lowest BCUT2D eigenvalue weighted by Gasteiger charge is -2.43. The van der Waals surface area contributed by atoms with E-state index in [1.54, 1.807) is 48.5 Å². The van der Waals surface area contributed by atoms with Crippen molar-refractivity contribution >= 4 is 34.7 Å². The van der Waals surface area contributed by atoms with Crippen LogP contribution in [0.25, 0.3) is 10.9 Å². The molecule has 3 aliphatic heterocycles. The van der Waals surface area contributed by atoms with Crippen molar-refractivity contribution in [2.75, 3.05) is 44.6 Å². The Morgan fingerprint density at radius 3 is 2.34 bits per heavy atom. The molecule has 0 saturated carbocycles. The number of phenols is 1. The molecule has 0 radical (unpaired) electrons. The molecule has 3 fully saturated rings. The van der Waals surface area contributed by atoms with Gasteiger partial charge >= 0.3 is 18.1 Å². The maximum Gasteiger partial charge on any atom is 0.408 e. The molecule has 0 unspecified atom stereocenters. The molecule has 65 heavy (non-hydrogen) atoms. The number of H-pyrrole nitrogens is 1. The van der Waals surface area contributed by atoms with Crippen LogP contribution in [0.5, 0.6) is 11.5 Å². The molecule has 3 amide bonds. The van der Waals surface area contributed by atoms with Crippen LogP contribution in [0, 0.1) is 5.92 Å². The molecule has 7 N–H and O–H groups in total. The maximum absolute atomic E-state index is 13.2. The van der Waals surface area contributed by atoms with Gasteiger partial charge in [0.1, 0.15) is 30.8 Å². The first kappa shape index (κ1) is 44.4. The van der Waals surface area contributed by atoms with E-state index in [4.69, 9.17) is 14.2 Å². The number of piperidine rings is 3. The number of benzene rings is 5. The van der Waals surface area contributed by atoms with Gasteiger partial charge in [0.2, 0.25) is 5.56 Å². The van der Waals surface area contributed by atoms with E-state index in [0.717, 1.165) is 54.7 Å². The van der Waals surface area contributed by atoms with Gasteiger partial charge in [0.05, 0.1) is 29.8 Å². The van der Waals surface area contributed by atoms with Gasteiger partial charge < -0.3 is 50.7 Å². The standard InChI is InChI=1S/C50H52N6O9/c57-42-19-17-40(41-18-20-45(59)54-47(41)42)43(58)29-51-28-32-11-15-38(16-12-32)53-49(61)52-23-26-63-48(60)36-13-9-33(10-14-36)31-64-39-8-4-7-37(27-39)46(35-5-2-1-3-6-35)55-50(62)65-44-30-56-24-21-34(44)22-25-56/h1-20,27,34,43-44,46,51,57-58H,21-26,28-31H2,(H,54,59)(H,55,62)(H2,52,53,61)/t43-,44-,46-/m0/s1. The van der Waals surface area contributed by atoms with Crippen LogP contribution in [-0.2, 0) is 22.6 Å². The number of aliphatic hydroxyl groups is 1. The molecule has 3 atom stereocenters. The second-order valence-electron chi connectivity index (χ2n) is 16.3. The van der Waals surface area contributed by atoms with Crippen molar-refractivity contribution in [2.24, 2.45) is 5.92 Å². The number of pyridine rings is 1. The van der Waals surface area contributed by atoms with Crippen molar-refractivity contribution in [3.05, 3.63) is 171 Å². The zero-order valence-corrected chi connectivity index (χ0v) is 35.7. The number of hydrogen-bond acceptors (Lipinski definition) is 11. The molecule has 4 heterocycles. The van der Waals surface area contributed by atoms with Crippen LogP contribution in [0.2, 0.25) is 0 Å². The topological polar surface area (TPSA) is 204 Å². The first-order valence-corrected chi connectivity index (χ1v) is 21.8. The summed E-state index contributed by atoms with van der Waals surface area (Å²) in [6, 6.07) is 36.6. The molecule has 1 aromatic heterocycles. The first-order valence-electron chi connectivity index (χ1n) is 21.8. The fourth-order valence-corrected chi connectivity index (χ4v) is 8.31. The number of phenolic OH excluding ortho intramolecular Hbond substituents is 1. The van der Waals surface area contributed by atoms with Gasteiger partial charge in [-0.05, 0) is 108 Å². The number of hydrogen-bond donors (Lipinski definition) is 7. The number of alkyl carbamates (subject to hydrolysis) is 1. The van der Waals surface area contributed by atoms with Gasteiger partial charge in [-0.1, -0.05) is 72.8 Å². The number of nitrogens with one attached hydrogen (secondary N) is 5. The fraction of sp³-hybridized carbons (Fsp3) is 0.280. The van der Waals surface area contributed by atoms with E-state index in [1.165, 1.54) is 12.1 Å². The number of nitrogens with zero attached hydrogens (tertiary/aromatic N) is 1. The summed E-state index contributed by atoms with van der Waals surface area (Å²) in [7, 11) is 0. The Labute approximate surface area is 375 Å². The molecule has 5 aromatic carbocycles. The average molecular weight is 881 g/mol. The Morgan fingerprint density at radius 1 is 0.831 bits per heavy atom. The highest BCUT2D eigenvalue weighted by Crippen LogP contribution is 2.32. The van der Waals surface area contributed by atoms with Crippen LogP contribution in [0.1, 0.15) is 63.2 Å². The summed E-state index contributed by atoms with van der Waals surface area (Å²) < 4.78 is 17.5. The SMILES string of the molecule is O=C(NCCOC(=O)c1ccc(COc2cccc([C@@H](NC(=O)O[C@H]3CN4CCC3CC4)c3ccccc3)c2)cc1)Nc1ccc(CNC[C@H](O)c2ccc(O)c3[nH]c(=O)ccc23)cc1. The quantitative estimate of drug-likeness (QED) is 0.0388. The maximum atomic E-state index is 13.2. The van der Waals surface area contributed by atoms with Crippen molar-refractivity contribution in [1.29, 1.82) is 0 Å². The van der Waals surface area contributed by atoms with Crippen LogP contribution in [0.3, 0.4) is 0 Å². The van der Waals surface area contributed by atoms with E-state index in [9.17, 15) is 29.4 Å². The van der Waals surface area contributed by atoms with Crippen molar-refractivity contribution in [3.8, 4) is 11.5 Å². The van der Waals surface area contributed by atoms with Gasteiger partial charge in [-0.2, -0.15) is 0 Å². The zero-order valence-electron chi connectivity index (χ0n) is 35.7. The summed E-state index contributed by atoms with van der Waals surface area (Å²) in [5.41, 5.74) is 4.95. The minimum atomic E-state index is -0.890. The second kappa shape index (κ2) is 21.0. The van der Waals surface area contributed by atoms with Gasteiger partial charge in [0, 0.05) is 36.8 Å². The molecule has 2 bridgehead atoms. The van der Waals surface area contributed by atoms with E-state index in [0.29, 0.717) is 40.4 Å². The van der Waals surface area contributed by atoms with Crippen LogP contribution in [0.4, 0.5) is 15.3 Å². The van der Waals surface area contributed by atoms with Crippen LogP contribution >= 0.6 is 0 Å². The number of aromatic hydroxyl groups is 1. The third-order valence-electron chi connectivity index (χ3n) is 11.8. The van der Waals surface area contributed by atoms with Crippen LogP contribution < -0.4 is 31.6 Å². The lowest BCUT2D eigenvalue weighted by atomic mass is 9.86. The second-order valence-corrected chi connectivity index (χ2v) is 16.3. The third kappa shape index (κ3) is 11.7. The van der Waals surface area contributed by atoms with Gasteiger partial charge in [0.15, 0.2) is 0 Å². The van der Waals surface area contributed by atoms with Gasteiger partial charge in [-0.15, -0.1) is 0 Å². The predicted molar refractivity (Wildman–Crippen MR) is 245 cm³/mol. The summed E-state index contributed by atoms with van der Waals surface area (Å²) in [6.45, 7) is 3.90. The number of rotatable bonds is 17. The lowest BCUT2D eigenvalue weighted by Crippen LogP contribution is -2.52. The Hall–Kier alpha value is -7.20. The van der Waals surface area contributed by atoms with Crippen molar-refractivity contribution in [1.82, 2.24) is 25.8 Å². The summed E-state index contributed by atoms with van der Waals surface area (Å²) in [6.07, 6.45) is 0.682. The Morgan fingerprint density at radius 2 is 1.58 bits per heavy atom. The number of aromatic nitrogens is 1. The number of ether oxygens (including phenoxy) is 3. The van der Waals surface area contributed by atoms with E-state index < -0.39 is 30.2 Å². The van der Waals surface area contributed by atoms with Crippen molar-refractivity contribution in [3.63, 3.8) is 0 Å². The highest BCUT2D eigenvalue weighted by atomic mass is 16.6. The largest absolute Gasteiger partial charge is 0.506 e. The highest BCUT2D eigenvalue weighted by Gasteiger charge is 2.37. The van der Waals surface area contributed by atoms with E-state index in [-0.39, 0.29) is 49.2 Å². The number of carbonyl (C=O) groups excluding carboxylic acids is 3. The van der Waals surface area contributed by atoms with Gasteiger partial charge in [0.25, 0.3) is 0 Å². The molecule has 15 heteroatoms. The summed E-state index contributed by atoms with van der Waals surface area (Å²) in [5, 5.41) is 33.2. The smallest absolute Gasteiger partial charge is 0.408 e. The van der Waals surface area contributed by atoms with Crippen LogP contribution in [-0.4, -0.2) is 83.6 Å². The van der Waals surface area contributed by atoms with E-state index in [2.05, 4.69) is 31.2 Å². The summed E-state index contributed by atoms with van der Waals surface area (Å²) in [5.74, 6) is 0.433. The number of amides is 3. The molecule has 336 valence electrons. The zero-order chi connectivity index (χ0) is 45.1. The fourth-order valence-electron chi connectivity index (χ4n) is 8.31. The number of esters is 1. The average Bonchev–Trinajstić information content (AvgIpc) is 3.33.